The van der Waals surface area contributed by atoms with Crippen LogP contribution in [0.1, 0.15) is 11.1 Å². The molecule has 1 aromatic heterocycles. The number of nitrogens with one attached hydrogen (secondary N) is 4. The van der Waals surface area contributed by atoms with Crippen LogP contribution in [0.2, 0.25) is 5.15 Å². The van der Waals surface area contributed by atoms with E-state index in [-0.39, 0.29) is 0 Å². The first-order valence-electron chi connectivity index (χ1n) is 8.96. The molecule has 0 saturated carbocycles. The van der Waals surface area contributed by atoms with Gasteiger partial charge in [0.05, 0.1) is 17.9 Å². The van der Waals surface area contributed by atoms with Gasteiger partial charge in [-0.25, -0.2) is 0 Å². The molecule has 0 unspecified atom stereocenters. The lowest BCUT2D eigenvalue weighted by Crippen LogP contribution is -2.28. The van der Waals surface area contributed by atoms with E-state index >= 15 is 0 Å². The van der Waals surface area contributed by atoms with Crippen LogP contribution in [-0.2, 0) is 0 Å². The topological polar surface area (TPSA) is 77.8 Å². The number of fused-ring (bicyclic) bond motifs is 1. The summed E-state index contributed by atoms with van der Waals surface area (Å²) in [5.41, 5.74) is 8.96. The summed E-state index contributed by atoms with van der Waals surface area (Å²) in [5.74, 6) is 0. The second-order valence-corrected chi connectivity index (χ2v) is 7.19. The van der Waals surface area contributed by atoms with Crippen LogP contribution in [0.15, 0.2) is 58.7 Å². The normalized spacial score (nSPS) is 11.2. The van der Waals surface area contributed by atoms with Gasteiger partial charge in [0.25, 0.3) is 0 Å². The lowest BCUT2D eigenvalue weighted by Gasteiger charge is -2.09. The second-order valence-electron chi connectivity index (χ2n) is 6.02. The fraction of sp³-hybridized carbons (Fsp3) is 0.100. The van der Waals surface area contributed by atoms with E-state index in [1.807, 2.05) is 53.1 Å². The van der Waals surface area contributed by atoms with Gasteiger partial charge in [0.15, 0.2) is 10.2 Å². The molecule has 0 bridgehead atoms. The maximum Gasteiger partial charge on any atom is 0.186 e. The van der Waals surface area contributed by atoms with Gasteiger partial charge in [-0.2, -0.15) is 10.2 Å². The molecule has 0 atom stereocenters. The van der Waals surface area contributed by atoms with Crippen LogP contribution in [0.4, 0.5) is 0 Å². The number of rotatable bonds is 5. The van der Waals surface area contributed by atoms with Crippen LogP contribution in [0, 0.1) is 0 Å². The third kappa shape index (κ3) is 4.76. The Bertz CT molecular complexity index is 1120. The van der Waals surface area contributed by atoms with Gasteiger partial charge < -0.3 is 10.6 Å². The highest BCUT2D eigenvalue weighted by Gasteiger charge is 2.18. The predicted octanol–water partition coefficient (Wildman–Crippen LogP) is 3.14. The standard InChI is InChI=1S/C20H20ClN7S2/c1-22-19(29)26-24-11-13-7-6-10-15-16(12-25-27-20(30)23-2)18(21)28(17(13)15)14-8-4-3-5-9-14/h3-12H,1-2H3,(H2,22,26,29)(H2,23,27,30). The zero-order chi connectivity index (χ0) is 21.5. The van der Waals surface area contributed by atoms with E-state index in [0.29, 0.717) is 15.4 Å². The zero-order valence-corrected chi connectivity index (χ0v) is 18.7. The summed E-state index contributed by atoms with van der Waals surface area (Å²) in [5, 5.41) is 16.3. The lowest BCUT2D eigenvalue weighted by atomic mass is 10.1. The van der Waals surface area contributed by atoms with E-state index in [0.717, 1.165) is 27.7 Å². The number of thiocarbonyl (C=S) groups is 2. The number of halogens is 1. The molecule has 30 heavy (non-hydrogen) atoms. The van der Waals surface area contributed by atoms with E-state index in [4.69, 9.17) is 36.0 Å². The Kier molecular flexibility index (Phi) is 7.34. The Morgan fingerprint density at radius 2 is 1.53 bits per heavy atom. The predicted molar refractivity (Wildman–Crippen MR) is 133 cm³/mol. The SMILES string of the molecule is CNC(=S)NN=Cc1c(Cl)n(-c2ccccc2)c2c(C=NNC(=S)NC)cccc12. The molecule has 10 heteroatoms. The van der Waals surface area contributed by atoms with Crippen LogP contribution >= 0.6 is 36.0 Å². The van der Waals surface area contributed by atoms with Gasteiger partial charge >= 0.3 is 0 Å². The highest BCUT2D eigenvalue weighted by atomic mass is 35.5. The number of hydrogen-bond acceptors (Lipinski definition) is 4. The van der Waals surface area contributed by atoms with Gasteiger partial charge in [0, 0.05) is 36.3 Å². The Morgan fingerprint density at radius 3 is 2.17 bits per heavy atom. The largest absolute Gasteiger partial charge is 0.364 e. The Hall–Kier alpha value is -3.01. The summed E-state index contributed by atoms with van der Waals surface area (Å²) in [4.78, 5) is 0. The number of hydrazone groups is 2. The van der Waals surface area contributed by atoms with Crippen molar-refractivity contribution in [2.24, 2.45) is 10.2 Å². The molecule has 7 nitrogen and oxygen atoms in total. The molecule has 0 aliphatic carbocycles. The number of aromatic nitrogens is 1. The van der Waals surface area contributed by atoms with Crippen molar-refractivity contribution in [1.29, 1.82) is 0 Å². The smallest absolute Gasteiger partial charge is 0.186 e. The summed E-state index contributed by atoms with van der Waals surface area (Å²) in [6.07, 6.45) is 3.36. The van der Waals surface area contributed by atoms with Crippen LogP contribution in [-0.4, -0.2) is 41.3 Å². The van der Waals surface area contributed by atoms with E-state index in [2.05, 4.69) is 31.7 Å². The van der Waals surface area contributed by atoms with Crippen molar-refractivity contribution < 1.29 is 0 Å². The minimum absolute atomic E-state index is 0.411. The van der Waals surface area contributed by atoms with Gasteiger partial charge in [-0.05, 0) is 36.6 Å². The zero-order valence-electron chi connectivity index (χ0n) is 16.3. The Labute approximate surface area is 190 Å². The van der Waals surface area contributed by atoms with Crippen LogP contribution < -0.4 is 21.5 Å². The van der Waals surface area contributed by atoms with E-state index in [1.165, 1.54) is 0 Å². The van der Waals surface area contributed by atoms with Gasteiger partial charge in [0.1, 0.15) is 5.15 Å². The lowest BCUT2D eigenvalue weighted by molar-refractivity contribution is 0.982. The summed E-state index contributed by atoms with van der Waals surface area (Å²) >= 11 is 17.0. The minimum Gasteiger partial charge on any atom is -0.364 e. The van der Waals surface area contributed by atoms with Crippen molar-refractivity contribution in [2.75, 3.05) is 14.1 Å². The van der Waals surface area contributed by atoms with Crippen molar-refractivity contribution in [1.82, 2.24) is 26.1 Å². The first kappa shape index (κ1) is 21.7. The van der Waals surface area contributed by atoms with Gasteiger partial charge in [-0.1, -0.05) is 48.0 Å². The molecular formula is C20H20ClN7S2. The van der Waals surface area contributed by atoms with Crippen molar-refractivity contribution in [3.8, 4) is 5.69 Å². The highest BCUT2D eigenvalue weighted by Crippen LogP contribution is 2.33. The van der Waals surface area contributed by atoms with Crippen molar-refractivity contribution in [2.45, 2.75) is 0 Å². The molecule has 0 aliphatic heterocycles. The molecule has 0 amide bonds. The summed E-state index contributed by atoms with van der Waals surface area (Å²) in [7, 11) is 3.45. The van der Waals surface area contributed by atoms with E-state index < -0.39 is 0 Å². The molecule has 0 aliphatic rings. The molecule has 0 saturated heterocycles. The first-order valence-corrected chi connectivity index (χ1v) is 10.2. The third-order valence-corrected chi connectivity index (χ3v) is 5.16. The number of para-hydroxylation sites is 2. The number of hydrogen-bond donors (Lipinski definition) is 4. The molecule has 1 heterocycles. The van der Waals surface area contributed by atoms with Crippen molar-refractivity contribution in [3.05, 3.63) is 64.8 Å². The fourth-order valence-corrected chi connectivity index (χ4v) is 3.27. The molecule has 3 aromatic rings. The van der Waals surface area contributed by atoms with E-state index in [9.17, 15) is 0 Å². The molecule has 0 radical (unpaired) electrons. The molecule has 4 N–H and O–H groups in total. The van der Waals surface area contributed by atoms with Crippen LogP contribution in [0.3, 0.4) is 0 Å². The van der Waals surface area contributed by atoms with Crippen molar-refractivity contribution >= 4 is 69.6 Å². The highest BCUT2D eigenvalue weighted by molar-refractivity contribution is 7.80. The minimum atomic E-state index is 0.411. The van der Waals surface area contributed by atoms with Gasteiger partial charge in [-0.15, -0.1) is 0 Å². The summed E-state index contributed by atoms with van der Waals surface area (Å²) in [6, 6.07) is 15.7. The molecule has 0 fully saturated rings. The molecule has 0 spiro atoms. The van der Waals surface area contributed by atoms with Crippen molar-refractivity contribution in [3.63, 3.8) is 0 Å². The maximum atomic E-state index is 6.82. The average molecular weight is 458 g/mol. The monoisotopic (exact) mass is 457 g/mol. The summed E-state index contributed by atoms with van der Waals surface area (Å²) < 4.78 is 1.96. The van der Waals surface area contributed by atoms with E-state index in [1.54, 1.807) is 26.5 Å². The first-order chi connectivity index (χ1) is 14.6. The summed E-state index contributed by atoms with van der Waals surface area (Å²) in [6.45, 7) is 0. The van der Waals surface area contributed by atoms with Gasteiger partial charge in [0.2, 0.25) is 0 Å². The van der Waals surface area contributed by atoms with Crippen LogP contribution in [0.25, 0.3) is 16.6 Å². The molecule has 154 valence electrons. The third-order valence-electron chi connectivity index (χ3n) is 4.20. The fourth-order valence-electron chi connectivity index (χ4n) is 2.83. The molecule has 2 aromatic carbocycles. The van der Waals surface area contributed by atoms with Crippen LogP contribution in [0.5, 0.6) is 0 Å². The molecular weight excluding hydrogens is 438 g/mol. The van der Waals surface area contributed by atoms with Gasteiger partial charge in [-0.3, -0.25) is 15.4 Å². The Morgan fingerprint density at radius 1 is 0.900 bits per heavy atom. The average Bonchev–Trinajstić information content (AvgIpc) is 3.06. The number of nitrogens with zero attached hydrogens (tertiary/aromatic N) is 3. The number of benzene rings is 2. The maximum absolute atomic E-state index is 6.82. The second kappa shape index (κ2) is 10.1. The quantitative estimate of drug-likeness (QED) is 0.268. The molecule has 3 rings (SSSR count). The Balaban J connectivity index is 2.16.